The molecule has 9 heteroatoms. The molecule has 0 saturated heterocycles. The summed E-state index contributed by atoms with van der Waals surface area (Å²) in [5.74, 6) is -1.51. The highest BCUT2D eigenvalue weighted by Crippen LogP contribution is 2.28. The lowest BCUT2D eigenvalue weighted by Crippen LogP contribution is -2.28. The van der Waals surface area contributed by atoms with Crippen molar-refractivity contribution >= 4 is 11.5 Å². The first-order chi connectivity index (χ1) is 12.3. The highest BCUT2D eigenvalue weighted by molar-refractivity contribution is 6.13. The highest BCUT2D eigenvalue weighted by atomic mass is 16.6. The Hall–Kier alpha value is -3.51. The molecule has 26 heavy (non-hydrogen) atoms. The number of methoxy groups -OCH3 is 1. The number of nitriles is 1. The van der Waals surface area contributed by atoms with Gasteiger partial charge in [0.05, 0.1) is 23.6 Å². The molecule has 0 amide bonds. The molecule has 1 N–H and O–H groups in total. The maximum Gasteiger partial charge on any atom is 0.280 e. The number of ether oxygens (including phenoxy) is 1. The molecular weight excluding hydrogens is 342 g/mol. The summed E-state index contributed by atoms with van der Waals surface area (Å²) in [4.78, 5) is 35.7. The van der Waals surface area contributed by atoms with Crippen molar-refractivity contribution in [2.45, 2.75) is 13.5 Å². The Kier molecular flexibility index (Phi) is 5.49. The first-order valence-electron chi connectivity index (χ1n) is 7.48. The van der Waals surface area contributed by atoms with Gasteiger partial charge in [-0.1, -0.05) is 12.1 Å². The van der Waals surface area contributed by atoms with Crippen LogP contribution in [0.5, 0.6) is 5.88 Å². The molecule has 0 unspecified atom stereocenters. The molecular formula is C17H15N3O6. The van der Waals surface area contributed by atoms with Gasteiger partial charge in [-0.05, 0) is 18.6 Å². The van der Waals surface area contributed by atoms with Crippen molar-refractivity contribution in [3.05, 3.63) is 67.0 Å². The lowest BCUT2D eigenvalue weighted by molar-refractivity contribution is -0.385. The fourth-order valence-electron chi connectivity index (χ4n) is 2.57. The first kappa shape index (κ1) is 18.8. The van der Waals surface area contributed by atoms with Crippen molar-refractivity contribution in [3.63, 3.8) is 0 Å². The number of rotatable bonds is 6. The zero-order chi connectivity index (χ0) is 19.4. The minimum Gasteiger partial charge on any atom is -0.494 e. The summed E-state index contributed by atoms with van der Waals surface area (Å²) in [6, 6.07) is 6.97. The molecule has 1 heterocycles. The number of nitro benzene ring substituents is 1. The van der Waals surface area contributed by atoms with Crippen molar-refractivity contribution in [1.82, 2.24) is 4.57 Å². The fraction of sp³-hybridized carbons (Fsp3) is 0.235. The number of hydrogen-bond acceptors (Lipinski definition) is 7. The average Bonchev–Trinajstić information content (AvgIpc) is 2.61. The Labute approximate surface area is 147 Å². The number of aromatic nitrogens is 1. The third-order valence-corrected chi connectivity index (χ3v) is 3.89. The molecule has 2 rings (SSSR count). The Bertz CT molecular complexity index is 987. The zero-order valence-corrected chi connectivity index (χ0v) is 14.1. The van der Waals surface area contributed by atoms with Crippen LogP contribution in [0.2, 0.25) is 0 Å². The van der Waals surface area contributed by atoms with E-state index < -0.39 is 27.8 Å². The van der Waals surface area contributed by atoms with E-state index in [1.54, 1.807) is 6.07 Å². The summed E-state index contributed by atoms with van der Waals surface area (Å²) in [7, 11) is 1.39. The van der Waals surface area contributed by atoms with Gasteiger partial charge in [0.2, 0.25) is 11.7 Å². The fourth-order valence-corrected chi connectivity index (χ4v) is 2.57. The number of aromatic hydroxyl groups is 1. The molecule has 0 radical (unpaired) electrons. The molecule has 0 bridgehead atoms. The Balaban J connectivity index is 2.78. The number of pyridine rings is 1. The van der Waals surface area contributed by atoms with Crippen molar-refractivity contribution in [2.24, 2.45) is 0 Å². The van der Waals surface area contributed by atoms with Gasteiger partial charge >= 0.3 is 0 Å². The van der Waals surface area contributed by atoms with Gasteiger partial charge in [-0.15, -0.1) is 0 Å². The lowest BCUT2D eigenvalue weighted by atomic mass is 9.96. The van der Waals surface area contributed by atoms with Crippen LogP contribution in [0, 0.1) is 28.4 Å². The molecule has 134 valence electrons. The Morgan fingerprint density at radius 3 is 2.65 bits per heavy atom. The first-order valence-corrected chi connectivity index (χ1v) is 7.48. The number of carbonyl (C=O) groups is 1. The quantitative estimate of drug-likeness (QED) is 0.470. The SMILES string of the molecule is COCCn1c(O)c(C(=O)c2ccccc2[N+](=O)[O-])c(C)c(C#N)c1=O. The second kappa shape index (κ2) is 7.58. The molecule has 9 nitrogen and oxygen atoms in total. The third kappa shape index (κ3) is 3.18. The van der Waals surface area contributed by atoms with E-state index in [0.717, 1.165) is 10.6 Å². The average molecular weight is 357 g/mol. The smallest absolute Gasteiger partial charge is 0.280 e. The maximum atomic E-state index is 12.9. The van der Waals surface area contributed by atoms with Gasteiger partial charge in [0, 0.05) is 13.2 Å². The van der Waals surface area contributed by atoms with Crippen LogP contribution in [0.25, 0.3) is 0 Å². The molecule has 1 aromatic carbocycles. The zero-order valence-electron chi connectivity index (χ0n) is 14.1. The van der Waals surface area contributed by atoms with Crippen molar-refractivity contribution in [1.29, 1.82) is 5.26 Å². The van der Waals surface area contributed by atoms with Gasteiger partial charge in [-0.25, -0.2) is 0 Å². The predicted molar refractivity (Wildman–Crippen MR) is 90.2 cm³/mol. The number of nitrogens with zero attached hydrogens (tertiary/aromatic N) is 3. The summed E-state index contributed by atoms with van der Waals surface area (Å²) < 4.78 is 5.71. The standard InChI is InChI=1S/C17H15N3O6/c1-10-12(9-18)16(22)19(7-8-26-2)17(23)14(10)15(21)11-5-3-4-6-13(11)20(24)25/h3-6,23H,7-8H2,1-2H3. The summed E-state index contributed by atoms with van der Waals surface area (Å²) in [6.07, 6.45) is 0. The van der Waals surface area contributed by atoms with Gasteiger partial charge in [0.25, 0.3) is 11.2 Å². The van der Waals surface area contributed by atoms with Gasteiger partial charge in [-0.2, -0.15) is 5.26 Å². The van der Waals surface area contributed by atoms with Gasteiger partial charge < -0.3 is 9.84 Å². The molecule has 0 aliphatic carbocycles. The number of benzene rings is 1. The van der Waals surface area contributed by atoms with Crippen molar-refractivity contribution in [3.8, 4) is 11.9 Å². The molecule has 0 saturated carbocycles. The molecule has 0 aliphatic heterocycles. The van der Waals surface area contributed by atoms with Gasteiger partial charge in [0.15, 0.2) is 0 Å². The van der Waals surface area contributed by atoms with Crippen molar-refractivity contribution < 1.29 is 19.6 Å². The number of para-hydroxylation sites is 1. The summed E-state index contributed by atoms with van der Waals surface area (Å²) in [5, 5.41) is 30.9. The lowest BCUT2D eigenvalue weighted by Gasteiger charge is -2.15. The van der Waals surface area contributed by atoms with Crippen LogP contribution in [0.15, 0.2) is 29.1 Å². The number of hydrogen-bond donors (Lipinski definition) is 1. The van der Waals surface area contributed by atoms with Crippen LogP contribution in [-0.4, -0.2) is 34.1 Å². The van der Waals surface area contributed by atoms with E-state index in [0.29, 0.717) is 0 Å². The largest absolute Gasteiger partial charge is 0.494 e. The van der Waals surface area contributed by atoms with Crippen molar-refractivity contribution in [2.75, 3.05) is 13.7 Å². The second-order valence-electron chi connectivity index (χ2n) is 5.36. The minimum atomic E-state index is -0.852. The minimum absolute atomic E-state index is 0.0354. The number of carbonyl (C=O) groups excluding carboxylic acids is 1. The maximum absolute atomic E-state index is 12.9. The molecule has 2 aromatic rings. The number of nitro groups is 1. The van der Waals surface area contributed by atoms with E-state index in [2.05, 4.69) is 0 Å². The van der Waals surface area contributed by atoms with E-state index in [4.69, 9.17) is 4.74 Å². The Morgan fingerprint density at radius 1 is 1.42 bits per heavy atom. The van der Waals surface area contributed by atoms with E-state index in [-0.39, 0.29) is 35.4 Å². The topological polar surface area (TPSA) is 135 Å². The predicted octanol–water partition coefficient (Wildman–Crippen LogP) is 1.52. The van der Waals surface area contributed by atoms with Crippen LogP contribution in [0.3, 0.4) is 0 Å². The normalized spacial score (nSPS) is 10.3. The number of ketones is 1. The van der Waals surface area contributed by atoms with E-state index in [9.17, 15) is 30.1 Å². The summed E-state index contributed by atoms with van der Waals surface area (Å²) >= 11 is 0. The molecule has 1 aromatic heterocycles. The van der Waals surface area contributed by atoms with Crippen LogP contribution in [0.1, 0.15) is 27.0 Å². The monoisotopic (exact) mass is 357 g/mol. The summed E-state index contributed by atoms with van der Waals surface area (Å²) in [6.45, 7) is 1.30. The van der Waals surface area contributed by atoms with Gasteiger partial charge in [0.1, 0.15) is 17.2 Å². The van der Waals surface area contributed by atoms with E-state index in [1.165, 1.54) is 32.2 Å². The van der Waals surface area contributed by atoms with Crippen LogP contribution < -0.4 is 5.56 Å². The molecule has 0 fully saturated rings. The molecule has 0 spiro atoms. The van der Waals surface area contributed by atoms with Crippen LogP contribution in [0.4, 0.5) is 5.69 Å². The van der Waals surface area contributed by atoms with Crippen LogP contribution in [-0.2, 0) is 11.3 Å². The Morgan fingerprint density at radius 2 is 2.08 bits per heavy atom. The molecule has 0 atom stereocenters. The third-order valence-electron chi connectivity index (χ3n) is 3.89. The van der Waals surface area contributed by atoms with E-state index in [1.807, 2.05) is 0 Å². The summed E-state index contributed by atoms with van der Waals surface area (Å²) in [5.41, 5.74) is -2.14. The highest BCUT2D eigenvalue weighted by Gasteiger charge is 2.28. The van der Waals surface area contributed by atoms with Crippen LogP contribution >= 0.6 is 0 Å². The molecule has 0 aliphatic rings. The second-order valence-corrected chi connectivity index (χ2v) is 5.36. The van der Waals surface area contributed by atoms with Gasteiger partial charge in [-0.3, -0.25) is 24.3 Å². The van der Waals surface area contributed by atoms with E-state index >= 15 is 0 Å².